The van der Waals surface area contributed by atoms with E-state index in [1.165, 1.54) is 0 Å². The van der Waals surface area contributed by atoms with Crippen LogP contribution in [0.2, 0.25) is 0 Å². The molecule has 0 saturated heterocycles. The predicted molar refractivity (Wildman–Crippen MR) is 115 cm³/mol. The summed E-state index contributed by atoms with van der Waals surface area (Å²) in [6.07, 6.45) is 2.30. The van der Waals surface area contributed by atoms with Gasteiger partial charge in [-0.15, -0.1) is 10.2 Å². The number of amides is 1. The molecule has 1 aromatic heterocycles. The van der Waals surface area contributed by atoms with E-state index in [2.05, 4.69) is 27.6 Å². The number of rotatable bonds is 6. The molecule has 4 aromatic rings. The summed E-state index contributed by atoms with van der Waals surface area (Å²) in [5.74, 6) is 1.35. The van der Waals surface area contributed by atoms with Gasteiger partial charge in [0.05, 0.1) is 6.04 Å². The molecule has 1 unspecified atom stereocenters. The topological polar surface area (TPSA) is 68.0 Å². The van der Waals surface area contributed by atoms with Gasteiger partial charge >= 0.3 is 0 Å². The predicted octanol–water partition coefficient (Wildman–Crippen LogP) is 5.28. The van der Waals surface area contributed by atoms with E-state index < -0.39 is 0 Å². The fourth-order valence-electron chi connectivity index (χ4n) is 3.59. The van der Waals surface area contributed by atoms with Gasteiger partial charge in [0.2, 0.25) is 11.8 Å². The minimum absolute atomic E-state index is 0.0581. The number of carbonyl (C=O) groups excluding carboxylic acids is 1. The Morgan fingerprint density at radius 3 is 1.97 bits per heavy atom. The van der Waals surface area contributed by atoms with Crippen molar-refractivity contribution >= 4 is 5.91 Å². The van der Waals surface area contributed by atoms with Crippen LogP contribution in [0.1, 0.15) is 34.8 Å². The smallest absolute Gasteiger partial charge is 0.251 e. The summed E-state index contributed by atoms with van der Waals surface area (Å²) in [7, 11) is 0. The molecule has 0 bridgehead atoms. The standard InChI is InChI=1S/C25H21N3O2/c29-23(26-22(18-11-12-18)17-7-3-1-4-8-17)19-13-15-21(16-14-19)25-28-27-24(30-25)20-9-5-2-6-10-20/h1-10,13-16,18,22H,11-12H2,(H,26,29). The van der Waals surface area contributed by atoms with Crippen LogP contribution in [0.25, 0.3) is 22.9 Å². The molecule has 1 N–H and O–H groups in total. The average Bonchev–Trinajstić information content (AvgIpc) is 3.53. The van der Waals surface area contributed by atoms with Crippen molar-refractivity contribution in [1.82, 2.24) is 15.5 Å². The summed E-state index contributed by atoms with van der Waals surface area (Å²) in [4.78, 5) is 12.8. The first-order chi connectivity index (χ1) is 14.8. The summed E-state index contributed by atoms with van der Waals surface area (Å²) < 4.78 is 5.80. The highest BCUT2D eigenvalue weighted by atomic mass is 16.4. The molecule has 1 amide bonds. The monoisotopic (exact) mass is 395 g/mol. The Morgan fingerprint density at radius 2 is 1.37 bits per heavy atom. The van der Waals surface area contributed by atoms with Gasteiger partial charge in [-0.2, -0.15) is 0 Å². The van der Waals surface area contributed by atoms with Crippen LogP contribution in [0.15, 0.2) is 89.3 Å². The lowest BCUT2D eigenvalue weighted by atomic mass is 10.0. The Labute approximate surface area is 174 Å². The molecule has 1 heterocycles. The molecule has 1 aliphatic rings. The van der Waals surface area contributed by atoms with Gasteiger partial charge in [0, 0.05) is 16.7 Å². The fourth-order valence-corrected chi connectivity index (χ4v) is 3.59. The first kappa shape index (κ1) is 18.3. The number of hydrogen-bond acceptors (Lipinski definition) is 4. The molecule has 0 radical (unpaired) electrons. The van der Waals surface area contributed by atoms with Crippen LogP contribution >= 0.6 is 0 Å². The Morgan fingerprint density at radius 1 is 0.800 bits per heavy atom. The molecule has 30 heavy (non-hydrogen) atoms. The van der Waals surface area contributed by atoms with Crippen LogP contribution in [-0.2, 0) is 0 Å². The molecule has 1 saturated carbocycles. The molecule has 0 spiro atoms. The second-order valence-electron chi connectivity index (χ2n) is 7.55. The molecule has 1 fully saturated rings. The maximum atomic E-state index is 12.8. The van der Waals surface area contributed by atoms with Crippen molar-refractivity contribution in [2.75, 3.05) is 0 Å². The molecule has 1 aliphatic carbocycles. The van der Waals surface area contributed by atoms with Gasteiger partial charge in [-0.1, -0.05) is 48.5 Å². The lowest BCUT2D eigenvalue weighted by Gasteiger charge is -2.19. The largest absolute Gasteiger partial charge is 0.416 e. The molecule has 148 valence electrons. The van der Waals surface area contributed by atoms with E-state index in [4.69, 9.17) is 4.42 Å². The normalized spacial score (nSPS) is 14.3. The van der Waals surface area contributed by atoms with Crippen LogP contribution in [-0.4, -0.2) is 16.1 Å². The van der Waals surface area contributed by atoms with Crippen LogP contribution < -0.4 is 5.32 Å². The highest BCUT2D eigenvalue weighted by Gasteiger charge is 2.33. The second kappa shape index (κ2) is 7.95. The van der Waals surface area contributed by atoms with E-state index in [1.54, 1.807) is 12.1 Å². The fraction of sp³-hybridized carbons (Fsp3) is 0.160. The number of nitrogens with zero attached hydrogens (tertiary/aromatic N) is 2. The summed E-state index contributed by atoms with van der Waals surface area (Å²) in [6.45, 7) is 0. The molecule has 5 nitrogen and oxygen atoms in total. The third kappa shape index (κ3) is 3.87. The van der Waals surface area contributed by atoms with Gasteiger partial charge in [-0.3, -0.25) is 4.79 Å². The molecular formula is C25H21N3O2. The van der Waals surface area contributed by atoms with E-state index in [1.807, 2.05) is 60.7 Å². The molecule has 0 aliphatic heterocycles. The van der Waals surface area contributed by atoms with Crippen LogP contribution in [0, 0.1) is 5.92 Å². The Bertz CT molecular complexity index is 1130. The van der Waals surface area contributed by atoms with Crippen LogP contribution in [0.4, 0.5) is 0 Å². The minimum atomic E-state index is -0.0715. The number of hydrogen-bond donors (Lipinski definition) is 1. The van der Waals surface area contributed by atoms with Crippen molar-refractivity contribution in [1.29, 1.82) is 0 Å². The third-order valence-corrected chi connectivity index (χ3v) is 5.38. The van der Waals surface area contributed by atoms with Gasteiger partial charge < -0.3 is 9.73 Å². The van der Waals surface area contributed by atoms with E-state index >= 15 is 0 Å². The van der Waals surface area contributed by atoms with E-state index in [-0.39, 0.29) is 11.9 Å². The van der Waals surface area contributed by atoms with Gasteiger partial charge in [0.1, 0.15) is 0 Å². The maximum Gasteiger partial charge on any atom is 0.251 e. The lowest BCUT2D eigenvalue weighted by molar-refractivity contribution is 0.0931. The molecule has 3 aromatic carbocycles. The SMILES string of the molecule is O=C(NC(c1ccccc1)C1CC1)c1ccc(-c2nnc(-c3ccccc3)o2)cc1. The summed E-state index contributed by atoms with van der Waals surface area (Å²) in [6, 6.07) is 27.1. The zero-order valence-electron chi connectivity index (χ0n) is 16.4. The van der Waals surface area contributed by atoms with Crippen LogP contribution in [0.3, 0.4) is 0 Å². The first-order valence-electron chi connectivity index (χ1n) is 10.1. The van der Waals surface area contributed by atoms with Gasteiger partial charge in [0.25, 0.3) is 5.91 Å². The third-order valence-electron chi connectivity index (χ3n) is 5.38. The maximum absolute atomic E-state index is 12.8. The minimum Gasteiger partial charge on any atom is -0.416 e. The quantitative estimate of drug-likeness (QED) is 0.482. The van der Waals surface area contributed by atoms with Gasteiger partial charge in [0.15, 0.2) is 0 Å². The van der Waals surface area contributed by atoms with Crippen molar-refractivity contribution in [3.8, 4) is 22.9 Å². The second-order valence-corrected chi connectivity index (χ2v) is 7.55. The van der Waals surface area contributed by atoms with Crippen molar-refractivity contribution < 1.29 is 9.21 Å². The van der Waals surface area contributed by atoms with Gasteiger partial charge in [-0.05, 0) is 60.7 Å². The Kier molecular flexibility index (Phi) is 4.85. The van der Waals surface area contributed by atoms with Gasteiger partial charge in [-0.25, -0.2) is 0 Å². The highest BCUT2D eigenvalue weighted by Crippen LogP contribution is 2.41. The number of nitrogens with one attached hydrogen (secondary N) is 1. The lowest BCUT2D eigenvalue weighted by Crippen LogP contribution is -2.29. The molecule has 1 atom stereocenters. The van der Waals surface area contributed by atoms with Crippen molar-refractivity contribution in [3.63, 3.8) is 0 Å². The van der Waals surface area contributed by atoms with Crippen molar-refractivity contribution in [2.45, 2.75) is 18.9 Å². The molecule has 5 heteroatoms. The van der Waals surface area contributed by atoms with E-state index in [9.17, 15) is 4.79 Å². The molecular weight excluding hydrogens is 374 g/mol. The Hall–Kier alpha value is -3.73. The summed E-state index contributed by atoms with van der Waals surface area (Å²) in [5.41, 5.74) is 3.43. The average molecular weight is 395 g/mol. The number of carbonyl (C=O) groups is 1. The van der Waals surface area contributed by atoms with Crippen molar-refractivity contribution in [3.05, 3.63) is 96.1 Å². The van der Waals surface area contributed by atoms with Crippen molar-refractivity contribution in [2.24, 2.45) is 5.92 Å². The van der Waals surface area contributed by atoms with E-state index in [0.717, 1.165) is 29.5 Å². The molecule has 5 rings (SSSR count). The van der Waals surface area contributed by atoms with Crippen LogP contribution in [0.5, 0.6) is 0 Å². The zero-order valence-corrected chi connectivity index (χ0v) is 16.4. The Balaban J connectivity index is 1.31. The highest BCUT2D eigenvalue weighted by molar-refractivity contribution is 5.94. The summed E-state index contributed by atoms with van der Waals surface area (Å²) in [5, 5.41) is 11.5. The first-order valence-corrected chi connectivity index (χ1v) is 10.1. The zero-order chi connectivity index (χ0) is 20.3. The summed E-state index contributed by atoms with van der Waals surface area (Å²) >= 11 is 0. The van der Waals surface area contributed by atoms with E-state index in [0.29, 0.717) is 23.3 Å². The number of benzene rings is 3. The number of aromatic nitrogens is 2.